The summed E-state index contributed by atoms with van der Waals surface area (Å²) in [7, 11) is 0. The molecule has 0 aromatic heterocycles. The lowest BCUT2D eigenvalue weighted by molar-refractivity contribution is 0.104. The molecule has 2 aliphatic rings. The molecule has 0 aromatic rings. The molecule has 0 bridgehead atoms. The van der Waals surface area contributed by atoms with E-state index in [0.29, 0.717) is 18.2 Å². The highest BCUT2D eigenvalue weighted by molar-refractivity contribution is 4.84. The molecule has 0 amide bonds. The Bertz CT molecular complexity index is 169. The molecule has 2 fully saturated rings. The predicted octanol–water partition coefficient (Wildman–Crippen LogP) is 1.02. The Morgan fingerprint density at radius 2 is 2.00 bits per heavy atom. The maximum absolute atomic E-state index is 6.06. The van der Waals surface area contributed by atoms with Gasteiger partial charge in [0.25, 0.3) is 0 Å². The van der Waals surface area contributed by atoms with Gasteiger partial charge in [0.1, 0.15) is 0 Å². The number of nitrogens with two attached hydrogens (primary N) is 1. The molecule has 3 unspecified atom stereocenters. The third-order valence-corrected chi connectivity index (χ3v) is 3.45. The van der Waals surface area contributed by atoms with E-state index in [4.69, 9.17) is 10.5 Å². The van der Waals surface area contributed by atoms with Crippen molar-refractivity contribution < 1.29 is 4.74 Å². The third kappa shape index (κ3) is 2.69. The zero-order valence-corrected chi connectivity index (χ0v) is 8.87. The molecule has 3 heteroatoms. The standard InChI is InChI=1S/C11H22N2O/c12-10-5-1-2-6-11(10)13-8-9-4-3-7-14-9/h9-11,13H,1-8,12H2. The minimum Gasteiger partial charge on any atom is -0.377 e. The Morgan fingerprint density at radius 3 is 2.71 bits per heavy atom. The fourth-order valence-corrected chi connectivity index (χ4v) is 2.50. The number of ether oxygens (including phenoxy) is 1. The van der Waals surface area contributed by atoms with Crippen LogP contribution in [-0.2, 0) is 4.74 Å². The Morgan fingerprint density at radius 1 is 1.14 bits per heavy atom. The van der Waals surface area contributed by atoms with Gasteiger partial charge in [0.15, 0.2) is 0 Å². The zero-order chi connectivity index (χ0) is 9.80. The van der Waals surface area contributed by atoms with Gasteiger partial charge in [0, 0.05) is 25.2 Å². The first-order valence-electron chi connectivity index (χ1n) is 5.97. The van der Waals surface area contributed by atoms with Crippen LogP contribution < -0.4 is 11.1 Å². The third-order valence-electron chi connectivity index (χ3n) is 3.45. The van der Waals surface area contributed by atoms with Crippen molar-refractivity contribution in [3.8, 4) is 0 Å². The summed E-state index contributed by atoms with van der Waals surface area (Å²) >= 11 is 0. The van der Waals surface area contributed by atoms with Gasteiger partial charge < -0.3 is 15.8 Å². The van der Waals surface area contributed by atoms with Crippen molar-refractivity contribution in [2.24, 2.45) is 5.73 Å². The maximum Gasteiger partial charge on any atom is 0.0700 e. The zero-order valence-electron chi connectivity index (χ0n) is 8.87. The lowest BCUT2D eigenvalue weighted by Gasteiger charge is -2.30. The van der Waals surface area contributed by atoms with Crippen LogP contribution in [0, 0.1) is 0 Å². The Kier molecular flexibility index (Phi) is 3.79. The summed E-state index contributed by atoms with van der Waals surface area (Å²) < 4.78 is 5.58. The molecule has 1 saturated heterocycles. The van der Waals surface area contributed by atoms with Gasteiger partial charge in [-0.05, 0) is 25.7 Å². The van der Waals surface area contributed by atoms with E-state index in [1.54, 1.807) is 0 Å². The molecule has 1 heterocycles. The van der Waals surface area contributed by atoms with E-state index in [1.807, 2.05) is 0 Å². The fraction of sp³-hybridized carbons (Fsp3) is 1.00. The molecule has 0 aromatic carbocycles. The molecule has 0 radical (unpaired) electrons. The van der Waals surface area contributed by atoms with Gasteiger partial charge in [-0.3, -0.25) is 0 Å². The van der Waals surface area contributed by atoms with Crippen LogP contribution in [-0.4, -0.2) is 31.3 Å². The first-order chi connectivity index (χ1) is 6.86. The van der Waals surface area contributed by atoms with E-state index >= 15 is 0 Å². The first-order valence-corrected chi connectivity index (χ1v) is 5.97. The smallest absolute Gasteiger partial charge is 0.0700 e. The molecule has 2 rings (SSSR count). The molecule has 1 saturated carbocycles. The minimum absolute atomic E-state index is 0.366. The van der Waals surface area contributed by atoms with Crippen molar-refractivity contribution in [3.05, 3.63) is 0 Å². The van der Waals surface area contributed by atoms with Crippen LogP contribution in [0.1, 0.15) is 38.5 Å². The van der Waals surface area contributed by atoms with Gasteiger partial charge in [-0.25, -0.2) is 0 Å². The van der Waals surface area contributed by atoms with E-state index in [2.05, 4.69) is 5.32 Å². The van der Waals surface area contributed by atoms with E-state index in [9.17, 15) is 0 Å². The van der Waals surface area contributed by atoms with Crippen molar-refractivity contribution in [3.63, 3.8) is 0 Å². The van der Waals surface area contributed by atoms with Crippen molar-refractivity contribution in [2.45, 2.75) is 56.7 Å². The largest absolute Gasteiger partial charge is 0.377 e. The van der Waals surface area contributed by atoms with Crippen LogP contribution in [0.4, 0.5) is 0 Å². The number of hydrogen-bond acceptors (Lipinski definition) is 3. The number of nitrogens with one attached hydrogen (secondary N) is 1. The monoisotopic (exact) mass is 198 g/mol. The Hall–Kier alpha value is -0.120. The maximum atomic E-state index is 6.06. The molecular formula is C11H22N2O. The Labute approximate surface area is 86.4 Å². The molecule has 1 aliphatic carbocycles. The van der Waals surface area contributed by atoms with Crippen LogP contribution in [0.15, 0.2) is 0 Å². The summed E-state index contributed by atoms with van der Waals surface area (Å²) in [6.45, 7) is 1.95. The summed E-state index contributed by atoms with van der Waals surface area (Å²) in [5, 5.41) is 3.56. The SMILES string of the molecule is NC1CCCCC1NCC1CCCO1. The quantitative estimate of drug-likeness (QED) is 0.712. The Balaban J connectivity index is 1.67. The molecular weight excluding hydrogens is 176 g/mol. The lowest BCUT2D eigenvalue weighted by Crippen LogP contribution is -2.49. The van der Waals surface area contributed by atoms with E-state index < -0.39 is 0 Å². The van der Waals surface area contributed by atoms with Crippen LogP contribution in [0.5, 0.6) is 0 Å². The summed E-state index contributed by atoms with van der Waals surface area (Å²) in [4.78, 5) is 0. The molecule has 14 heavy (non-hydrogen) atoms. The normalized spacial score (nSPS) is 38.8. The highest BCUT2D eigenvalue weighted by Crippen LogP contribution is 2.18. The summed E-state index contributed by atoms with van der Waals surface area (Å²) in [6, 6.07) is 0.901. The van der Waals surface area contributed by atoms with Gasteiger partial charge in [-0.15, -0.1) is 0 Å². The van der Waals surface area contributed by atoms with Crippen LogP contribution in [0.25, 0.3) is 0 Å². The van der Waals surface area contributed by atoms with Gasteiger partial charge in [-0.2, -0.15) is 0 Å². The van der Waals surface area contributed by atoms with Gasteiger partial charge in [-0.1, -0.05) is 12.8 Å². The van der Waals surface area contributed by atoms with Crippen LogP contribution >= 0.6 is 0 Å². The van der Waals surface area contributed by atoms with Gasteiger partial charge in [0.05, 0.1) is 6.10 Å². The van der Waals surface area contributed by atoms with Crippen molar-refractivity contribution in [1.29, 1.82) is 0 Å². The first kappa shape index (κ1) is 10.4. The molecule has 3 atom stereocenters. The highest BCUT2D eigenvalue weighted by atomic mass is 16.5. The average molecular weight is 198 g/mol. The van der Waals surface area contributed by atoms with Crippen molar-refractivity contribution >= 4 is 0 Å². The predicted molar refractivity (Wildman–Crippen MR) is 57.2 cm³/mol. The highest BCUT2D eigenvalue weighted by Gasteiger charge is 2.23. The lowest BCUT2D eigenvalue weighted by atomic mass is 9.91. The topological polar surface area (TPSA) is 47.3 Å². The van der Waals surface area contributed by atoms with E-state index in [-0.39, 0.29) is 0 Å². The fourth-order valence-electron chi connectivity index (χ4n) is 2.50. The second kappa shape index (κ2) is 5.10. The summed E-state index contributed by atoms with van der Waals surface area (Å²) in [6.07, 6.45) is 7.95. The second-order valence-electron chi connectivity index (χ2n) is 4.60. The second-order valence-corrected chi connectivity index (χ2v) is 4.60. The molecule has 3 nitrogen and oxygen atoms in total. The van der Waals surface area contributed by atoms with Crippen LogP contribution in [0.3, 0.4) is 0 Å². The molecule has 0 spiro atoms. The van der Waals surface area contributed by atoms with Crippen molar-refractivity contribution in [2.75, 3.05) is 13.2 Å². The number of hydrogen-bond donors (Lipinski definition) is 2. The van der Waals surface area contributed by atoms with Gasteiger partial charge >= 0.3 is 0 Å². The van der Waals surface area contributed by atoms with Crippen LogP contribution in [0.2, 0.25) is 0 Å². The van der Waals surface area contributed by atoms with E-state index in [0.717, 1.165) is 13.2 Å². The molecule has 3 N–H and O–H groups in total. The molecule has 1 aliphatic heterocycles. The summed E-state index contributed by atoms with van der Waals surface area (Å²) in [5.74, 6) is 0. The molecule has 82 valence electrons. The number of rotatable bonds is 3. The van der Waals surface area contributed by atoms with E-state index in [1.165, 1.54) is 38.5 Å². The van der Waals surface area contributed by atoms with Crippen molar-refractivity contribution in [1.82, 2.24) is 5.32 Å². The minimum atomic E-state index is 0.366. The average Bonchev–Trinajstić information content (AvgIpc) is 2.69. The van der Waals surface area contributed by atoms with Gasteiger partial charge in [0.2, 0.25) is 0 Å². The summed E-state index contributed by atoms with van der Waals surface area (Å²) in [5.41, 5.74) is 6.06.